The number of nitrogens with one attached hydrogen (secondary N) is 2. The van der Waals surface area contributed by atoms with Crippen molar-refractivity contribution in [2.24, 2.45) is 17.8 Å². The molecule has 3 N–H and O–H groups in total. The van der Waals surface area contributed by atoms with Crippen LogP contribution < -0.4 is 10.6 Å². The number of aliphatic carboxylic acids is 1. The molecule has 0 aromatic heterocycles. The summed E-state index contributed by atoms with van der Waals surface area (Å²) in [5.41, 5.74) is 0. The maximum atomic E-state index is 12.3. The van der Waals surface area contributed by atoms with Crippen molar-refractivity contribution < 1.29 is 19.5 Å². The average molecular weight is 282 g/mol. The summed E-state index contributed by atoms with van der Waals surface area (Å²) in [6.45, 7) is 2.60. The molecular weight excluding hydrogens is 260 g/mol. The second-order valence-corrected chi connectivity index (χ2v) is 5.98. The third-order valence-electron chi connectivity index (χ3n) is 4.30. The van der Waals surface area contributed by atoms with Crippen molar-refractivity contribution in [2.75, 3.05) is 6.54 Å². The molecule has 1 saturated heterocycles. The van der Waals surface area contributed by atoms with E-state index in [2.05, 4.69) is 10.6 Å². The van der Waals surface area contributed by atoms with Gasteiger partial charge in [-0.25, -0.2) is 0 Å². The van der Waals surface area contributed by atoms with Crippen LogP contribution in [0.2, 0.25) is 0 Å². The summed E-state index contributed by atoms with van der Waals surface area (Å²) < 4.78 is 0. The third kappa shape index (κ3) is 3.29. The summed E-state index contributed by atoms with van der Waals surface area (Å²) in [4.78, 5) is 35.3. The normalized spacial score (nSPS) is 34.1. The molecule has 6 nitrogen and oxygen atoms in total. The molecule has 1 heterocycles. The average Bonchev–Trinajstić information content (AvgIpc) is 2.68. The molecular formula is C14H22N2O4. The minimum absolute atomic E-state index is 0.159. The Morgan fingerprint density at radius 3 is 2.65 bits per heavy atom. The lowest BCUT2D eigenvalue weighted by atomic mass is 9.95. The largest absolute Gasteiger partial charge is 0.481 e. The number of amides is 2. The molecule has 0 bridgehead atoms. The number of carboxylic acids is 1. The third-order valence-corrected chi connectivity index (χ3v) is 4.30. The van der Waals surface area contributed by atoms with Crippen molar-refractivity contribution in [1.29, 1.82) is 0 Å². The van der Waals surface area contributed by atoms with Gasteiger partial charge in [-0.05, 0) is 38.0 Å². The van der Waals surface area contributed by atoms with Crippen LogP contribution in [0.25, 0.3) is 0 Å². The lowest BCUT2D eigenvalue weighted by Crippen LogP contribution is -2.48. The molecule has 6 heteroatoms. The van der Waals surface area contributed by atoms with Gasteiger partial charge in [-0.2, -0.15) is 0 Å². The SMILES string of the molecule is CC1CC(C(=O)O)C(C(=O)NC2CCCCNC2=O)C1. The van der Waals surface area contributed by atoms with Gasteiger partial charge in [0.25, 0.3) is 0 Å². The monoisotopic (exact) mass is 282 g/mol. The van der Waals surface area contributed by atoms with Gasteiger partial charge in [-0.3, -0.25) is 14.4 Å². The van der Waals surface area contributed by atoms with Crippen molar-refractivity contribution in [3.8, 4) is 0 Å². The van der Waals surface area contributed by atoms with Crippen LogP contribution in [0.4, 0.5) is 0 Å². The maximum Gasteiger partial charge on any atom is 0.307 e. The van der Waals surface area contributed by atoms with E-state index < -0.39 is 23.8 Å². The first-order valence-electron chi connectivity index (χ1n) is 7.30. The Kier molecular flexibility index (Phi) is 4.62. The minimum Gasteiger partial charge on any atom is -0.481 e. The van der Waals surface area contributed by atoms with Crippen molar-refractivity contribution >= 4 is 17.8 Å². The van der Waals surface area contributed by atoms with E-state index in [1.54, 1.807) is 0 Å². The molecule has 112 valence electrons. The molecule has 1 aliphatic carbocycles. The Labute approximate surface area is 118 Å². The fourth-order valence-electron chi connectivity index (χ4n) is 3.21. The second-order valence-electron chi connectivity index (χ2n) is 5.98. The van der Waals surface area contributed by atoms with E-state index in [4.69, 9.17) is 0 Å². The predicted molar refractivity (Wildman–Crippen MR) is 71.8 cm³/mol. The molecule has 1 aliphatic heterocycles. The number of carbonyl (C=O) groups excluding carboxylic acids is 2. The van der Waals surface area contributed by atoms with Crippen LogP contribution in [0, 0.1) is 17.8 Å². The van der Waals surface area contributed by atoms with Crippen LogP contribution in [0.1, 0.15) is 39.0 Å². The highest BCUT2D eigenvalue weighted by Gasteiger charge is 2.42. The first-order valence-corrected chi connectivity index (χ1v) is 7.30. The zero-order valence-corrected chi connectivity index (χ0v) is 11.7. The number of hydrogen-bond donors (Lipinski definition) is 3. The lowest BCUT2D eigenvalue weighted by Gasteiger charge is -2.20. The van der Waals surface area contributed by atoms with Gasteiger partial charge in [0, 0.05) is 6.54 Å². The second kappa shape index (κ2) is 6.24. The maximum absolute atomic E-state index is 12.3. The Bertz CT molecular complexity index is 410. The standard InChI is InChI=1S/C14H22N2O4/c1-8-6-9(10(7-8)14(19)20)12(17)16-11-4-2-3-5-15-13(11)18/h8-11H,2-7H2,1H3,(H,15,18)(H,16,17)(H,19,20). The molecule has 0 radical (unpaired) electrons. The van der Waals surface area contributed by atoms with Gasteiger partial charge < -0.3 is 15.7 Å². The Balaban J connectivity index is 1.99. The van der Waals surface area contributed by atoms with E-state index in [0.717, 1.165) is 12.8 Å². The van der Waals surface area contributed by atoms with E-state index in [-0.39, 0.29) is 17.7 Å². The first kappa shape index (κ1) is 14.8. The number of rotatable bonds is 3. The molecule has 1 saturated carbocycles. The molecule has 0 spiro atoms. The van der Waals surface area contributed by atoms with Crippen LogP contribution in [0.15, 0.2) is 0 Å². The van der Waals surface area contributed by atoms with Gasteiger partial charge >= 0.3 is 5.97 Å². The van der Waals surface area contributed by atoms with Crippen LogP contribution >= 0.6 is 0 Å². The van der Waals surface area contributed by atoms with Crippen molar-refractivity contribution in [3.05, 3.63) is 0 Å². The van der Waals surface area contributed by atoms with Gasteiger partial charge in [-0.15, -0.1) is 0 Å². The molecule has 4 unspecified atom stereocenters. The Morgan fingerprint density at radius 2 is 1.95 bits per heavy atom. The molecule has 2 fully saturated rings. The van der Waals surface area contributed by atoms with Crippen LogP contribution in [0.3, 0.4) is 0 Å². The van der Waals surface area contributed by atoms with Crippen molar-refractivity contribution in [1.82, 2.24) is 10.6 Å². The highest BCUT2D eigenvalue weighted by atomic mass is 16.4. The van der Waals surface area contributed by atoms with Crippen molar-refractivity contribution in [3.63, 3.8) is 0 Å². The fraction of sp³-hybridized carbons (Fsp3) is 0.786. The highest BCUT2D eigenvalue weighted by molar-refractivity contribution is 5.90. The van der Waals surface area contributed by atoms with Crippen LogP contribution in [-0.2, 0) is 14.4 Å². The van der Waals surface area contributed by atoms with E-state index in [1.807, 2.05) is 6.92 Å². The summed E-state index contributed by atoms with van der Waals surface area (Å²) in [5.74, 6) is -2.27. The molecule has 2 amide bonds. The Hall–Kier alpha value is -1.59. The summed E-state index contributed by atoms with van der Waals surface area (Å²) in [7, 11) is 0. The molecule has 2 rings (SSSR count). The zero-order valence-electron chi connectivity index (χ0n) is 11.7. The van der Waals surface area contributed by atoms with E-state index >= 15 is 0 Å². The molecule has 4 atom stereocenters. The van der Waals surface area contributed by atoms with Gasteiger partial charge in [0.2, 0.25) is 11.8 Å². The van der Waals surface area contributed by atoms with Gasteiger partial charge in [0.05, 0.1) is 11.8 Å². The predicted octanol–water partition coefficient (Wildman–Crippen LogP) is 0.518. The van der Waals surface area contributed by atoms with E-state index in [1.165, 1.54) is 0 Å². The molecule has 2 aliphatic rings. The van der Waals surface area contributed by atoms with E-state index in [0.29, 0.717) is 25.8 Å². The Morgan fingerprint density at radius 1 is 1.25 bits per heavy atom. The smallest absolute Gasteiger partial charge is 0.307 e. The highest BCUT2D eigenvalue weighted by Crippen LogP contribution is 2.36. The topological polar surface area (TPSA) is 95.5 Å². The van der Waals surface area contributed by atoms with E-state index in [9.17, 15) is 19.5 Å². The lowest BCUT2D eigenvalue weighted by molar-refractivity contribution is -0.146. The molecule has 0 aromatic carbocycles. The number of hydrogen-bond acceptors (Lipinski definition) is 3. The summed E-state index contributed by atoms with van der Waals surface area (Å²) >= 11 is 0. The molecule has 0 aromatic rings. The van der Waals surface area contributed by atoms with Crippen LogP contribution in [0.5, 0.6) is 0 Å². The van der Waals surface area contributed by atoms with Crippen molar-refractivity contribution in [2.45, 2.75) is 45.1 Å². The molecule has 20 heavy (non-hydrogen) atoms. The number of carbonyl (C=O) groups is 3. The van der Waals surface area contributed by atoms with Crippen LogP contribution in [-0.4, -0.2) is 35.5 Å². The summed E-state index contributed by atoms with van der Waals surface area (Å²) in [5, 5.41) is 14.7. The zero-order chi connectivity index (χ0) is 14.7. The minimum atomic E-state index is -0.917. The first-order chi connectivity index (χ1) is 9.49. The van der Waals surface area contributed by atoms with Gasteiger partial charge in [0.15, 0.2) is 0 Å². The van der Waals surface area contributed by atoms with Gasteiger partial charge in [-0.1, -0.05) is 6.92 Å². The summed E-state index contributed by atoms with van der Waals surface area (Å²) in [6, 6.07) is -0.518. The summed E-state index contributed by atoms with van der Waals surface area (Å²) in [6.07, 6.45) is 3.53. The quantitative estimate of drug-likeness (QED) is 0.703. The number of carboxylic acid groups (broad SMARTS) is 1. The fourth-order valence-corrected chi connectivity index (χ4v) is 3.21. The van der Waals surface area contributed by atoms with Gasteiger partial charge in [0.1, 0.15) is 6.04 Å².